The van der Waals surface area contributed by atoms with Gasteiger partial charge in [0.2, 0.25) is 0 Å². The highest BCUT2D eigenvalue weighted by Crippen LogP contribution is 2.30. The zero-order valence-electron chi connectivity index (χ0n) is 16.6. The highest BCUT2D eigenvalue weighted by molar-refractivity contribution is 9.10. The molecule has 3 aliphatic heterocycles. The Hall–Kier alpha value is -1.74. The first-order valence-electron chi connectivity index (χ1n) is 9.97. The van der Waals surface area contributed by atoms with Gasteiger partial charge in [0.05, 0.1) is 13.1 Å². The molecule has 158 valence electrons. The third kappa shape index (κ3) is 5.11. The van der Waals surface area contributed by atoms with Gasteiger partial charge in [-0.1, -0.05) is 31.9 Å². The summed E-state index contributed by atoms with van der Waals surface area (Å²) < 4.78 is 1.87. The number of fused-ring (bicyclic) bond motifs is 5. The van der Waals surface area contributed by atoms with Crippen LogP contribution in [-0.2, 0) is 13.1 Å². The molecule has 3 heterocycles. The largest absolute Gasteiger partial charge is 0.507 e. The van der Waals surface area contributed by atoms with Crippen molar-refractivity contribution < 1.29 is 10.2 Å². The number of halogens is 2. The van der Waals surface area contributed by atoms with Crippen LogP contribution in [0.25, 0.3) is 0 Å². The predicted octanol–water partition coefficient (Wildman–Crippen LogP) is 3.79. The number of piperazine rings is 1. The zero-order valence-corrected chi connectivity index (χ0v) is 19.7. The van der Waals surface area contributed by atoms with Gasteiger partial charge in [-0.2, -0.15) is 0 Å². The van der Waals surface area contributed by atoms with E-state index < -0.39 is 0 Å². The van der Waals surface area contributed by atoms with Crippen molar-refractivity contribution >= 4 is 44.3 Å². The van der Waals surface area contributed by atoms with Crippen LogP contribution in [0.4, 0.5) is 0 Å². The maximum atomic E-state index is 10.7. The summed E-state index contributed by atoms with van der Waals surface area (Å²) in [4.78, 5) is 13.5. The number of rotatable bonds is 0. The van der Waals surface area contributed by atoms with Crippen molar-refractivity contribution in [1.29, 1.82) is 0 Å². The van der Waals surface area contributed by atoms with Gasteiger partial charge in [-0.05, 0) is 24.3 Å². The van der Waals surface area contributed by atoms with Gasteiger partial charge < -0.3 is 10.2 Å². The van der Waals surface area contributed by atoms with Crippen molar-refractivity contribution in [2.24, 2.45) is 9.98 Å². The molecule has 3 aliphatic rings. The molecule has 0 unspecified atom stereocenters. The van der Waals surface area contributed by atoms with Crippen molar-refractivity contribution in [3.63, 3.8) is 0 Å². The summed E-state index contributed by atoms with van der Waals surface area (Å²) in [6, 6.07) is 7.71. The molecule has 0 saturated carbocycles. The normalized spacial score (nSPS) is 21.9. The van der Waals surface area contributed by atoms with E-state index in [-0.39, 0.29) is 0 Å². The monoisotopic (exact) mass is 534 g/mol. The molecule has 8 heteroatoms. The van der Waals surface area contributed by atoms with Gasteiger partial charge in [0.15, 0.2) is 0 Å². The number of aliphatic imine (C=N–C) groups is 2. The van der Waals surface area contributed by atoms with Crippen LogP contribution in [0.15, 0.2) is 43.2 Å². The lowest BCUT2D eigenvalue weighted by Crippen LogP contribution is -2.45. The highest BCUT2D eigenvalue weighted by atomic mass is 79.9. The number of hydrogen-bond donors (Lipinski definition) is 2. The SMILES string of the molecule is Oc1c2cc(Br)cc1CN1CCN(CC1)Cc1cc(Br)cc(c1O)C=NCCN=C2. The Morgan fingerprint density at radius 2 is 1.07 bits per heavy atom. The van der Waals surface area contributed by atoms with Gasteiger partial charge in [-0.15, -0.1) is 0 Å². The second-order valence-electron chi connectivity index (χ2n) is 7.63. The molecule has 6 nitrogen and oxygen atoms in total. The Morgan fingerprint density at radius 3 is 1.47 bits per heavy atom. The summed E-state index contributed by atoms with van der Waals surface area (Å²) >= 11 is 7.11. The molecule has 0 aromatic heterocycles. The molecule has 1 saturated heterocycles. The first-order valence-corrected chi connectivity index (χ1v) is 11.6. The van der Waals surface area contributed by atoms with Crippen molar-refractivity contribution in [3.05, 3.63) is 55.5 Å². The number of phenols is 2. The van der Waals surface area contributed by atoms with E-state index in [0.717, 1.165) is 46.3 Å². The van der Waals surface area contributed by atoms with Crippen molar-refractivity contribution in [1.82, 2.24) is 9.80 Å². The predicted molar refractivity (Wildman–Crippen MR) is 127 cm³/mol. The third-order valence-corrected chi connectivity index (χ3v) is 6.35. The molecule has 0 amide bonds. The summed E-state index contributed by atoms with van der Waals surface area (Å²) in [7, 11) is 0. The number of phenolic OH excluding ortho intramolecular Hbond substituents is 2. The lowest BCUT2D eigenvalue weighted by Gasteiger charge is -2.35. The molecule has 2 aromatic rings. The van der Waals surface area contributed by atoms with Gasteiger partial charge in [-0.3, -0.25) is 19.8 Å². The van der Waals surface area contributed by atoms with Crippen LogP contribution in [0.3, 0.4) is 0 Å². The second kappa shape index (κ2) is 9.60. The average Bonchev–Trinajstić information content (AvgIpc) is 2.71. The summed E-state index contributed by atoms with van der Waals surface area (Å²) in [5.74, 6) is 0.581. The minimum atomic E-state index is 0.291. The van der Waals surface area contributed by atoms with Gasteiger partial charge in [0, 0.05) is 82.9 Å². The smallest absolute Gasteiger partial charge is 0.128 e. The number of hydrogen-bond acceptors (Lipinski definition) is 6. The first-order chi connectivity index (χ1) is 14.5. The minimum Gasteiger partial charge on any atom is -0.507 e. The maximum absolute atomic E-state index is 10.7. The number of nitrogens with zero attached hydrogens (tertiary/aromatic N) is 4. The van der Waals surface area contributed by atoms with E-state index in [2.05, 4.69) is 51.6 Å². The molecule has 30 heavy (non-hydrogen) atoms. The standard InChI is InChI=1S/C22H24Br2N4O2/c23-19-7-15-11-25-1-2-26-12-16-8-20(24)10-18(22(16)30)14-28-5-3-27(4-6-28)13-17(9-19)21(15)29/h7-12,29-30H,1-6,13-14H2. The second-order valence-corrected chi connectivity index (χ2v) is 9.46. The number of aromatic hydroxyl groups is 2. The molecule has 0 spiro atoms. The van der Waals surface area contributed by atoms with Crippen LogP contribution in [0.5, 0.6) is 11.5 Å². The molecular formula is C22H24Br2N4O2. The fraction of sp³-hybridized carbons (Fsp3) is 0.364. The summed E-state index contributed by atoms with van der Waals surface area (Å²) in [6.07, 6.45) is 3.41. The summed E-state index contributed by atoms with van der Waals surface area (Å²) in [6.45, 7) is 5.99. The van der Waals surface area contributed by atoms with Crippen LogP contribution in [0, 0.1) is 0 Å². The van der Waals surface area contributed by atoms with Gasteiger partial charge in [0.1, 0.15) is 11.5 Å². The fourth-order valence-corrected chi connectivity index (χ4v) is 4.87. The van der Waals surface area contributed by atoms with E-state index in [9.17, 15) is 10.2 Å². The summed E-state index contributed by atoms with van der Waals surface area (Å²) in [5.41, 5.74) is 3.20. The Labute approximate surface area is 193 Å². The van der Waals surface area contributed by atoms with E-state index in [4.69, 9.17) is 0 Å². The molecule has 5 rings (SSSR count). The van der Waals surface area contributed by atoms with E-state index in [1.807, 2.05) is 24.3 Å². The third-order valence-electron chi connectivity index (χ3n) is 5.44. The minimum absolute atomic E-state index is 0.291. The van der Waals surface area contributed by atoms with Crippen molar-refractivity contribution in [3.8, 4) is 11.5 Å². The molecule has 0 radical (unpaired) electrons. The summed E-state index contributed by atoms with van der Waals surface area (Å²) in [5, 5.41) is 21.4. The molecule has 2 N–H and O–H groups in total. The van der Waals surface area contributed by atoms with Gasteiger partial charge >= 0.3 is 0 Å². The Balaban J connectivity index is 1.65. The van der Waals surface area contributed by atoms with Crippen LogP contribution in [0.1, 0.15) is 22.3 Å². The maximum Gasteiger partial charge on any atom is 0.128 e. The van der Waals surface area contributed by atoms with E-state index >= 15 is 0 Å². The van der Waals surface area contributed by atoms with E-state index in [0.29, 0.717) is 48.8 Å². The topological polar surface area (TPSA) is 71.7 Å². The average molecular weight is 536 g/mol. The Bertz CT molecular complexity index is 906. The van der Waals surface area contributed by atoms with E-state index in [1.165, 1.54) is 0 Å². The Morgan fingerprint density at radius 1 is 0.667 bits per heavy atom. The van der Waals surface area contributed by atoms with Crippen molar-refractivity contribution in [2.75, 3.05) is 39.3 Å². The van der Waals surface area contributed by atoms with Gasteiger partial charge in [-0.25, -0.2) is 0 Å². The first kappa shape index (κ1) is 21.5. The van der Waals surface area contributed by atoms with Crippen LogP contribution >= 0.6 is 31.9 Å². The molecule has 0 aliphatic carbocycles. The molecule has 6 bridgehead atoms. The Kier molecular flexibility index (Phi) is 6.87. The quantitative estimate of drug-likeness (QED) is 0.538. The van der Waals surface area contributed by atoms with Crippen LogP contribution in [-0.4, -0.2) is 71.7 Å². The molecular weight excluding hydrogens is 512 g/mol. The molecule has 0 atom stereocenters. The van der Waals surface area contributed by atoms with Crippen molar-refractivity contribution in [2.45, 2.75) is 13.1 Å². The lowest BCUT2D eigenvalue weighted by molar-refractivity contribution is 0.120. The van der Waals surface area contributed by atoms with Gasteiger partial charge in [0.25, 0.3) is 0 Å². The van der Waals surface area contributed by atoms with E-state index in [1.54, 1.807) is 12.4 Å². The lowest BCUT2D eigenvalue weighted by atomic mass is 10.1. The number of benzene rings is 2. The van der Waals surface area contributed by atoms with Crippen LogP contribution in [0.2, 0.25) is 0 Å². The molecule has 2 aromatic carbocycles. The highest BCUT2D eigenvalue weighted by Gasteiger charge is 2.21. The molecule has 1 fully saturated rings. The van der Waals surface area contributed by atoms with Crippen LogP contribution < -0.4 is 0 Å². The zero-order chi connectivity index (χ0) is 21.1. The fourth-order valence-electron chi connectivity index (χ4n) is 3.82.